The van der Waals surface area contributed by atoms with Crippen LogP contribution in [0.5, 0.6) is 0 Å². The van der Waals surface area contributed by atoms with Crippen molar-refractivity contribution in [3.63, 3.8) is 0 Å². The van der Waals surface area contributed by atoms with Crippen molar-refractivity contribution in [1.29, 1.82) is 0 Å². The molecule has 0 aliphatic carbocycles. The van der Waals surface area contributed by atoms with Crippen LogP contribution < -0.4 is 0 Å². The van der Waals surface area contributed by atoms with Gasteiger partial charge in [-0.05, 0) is 32.2 Å². The fourth-order valence-corrected chi connectivity index (χ4v) is 4.26. The van der Waals surface area contributed by atoms with Gasteiger partial charge in [-0.15, -0.1) is 0 Å². The van der Waals surface area contributed by atoms with Gasteiger partial charge in [0.25, 0.3) is 0 Å². The predicted molar refractivity (Wildman–Crippen MR) is 65.1 cm³/mol. The number of sulfone groups is 1. The molecule has 0 amide bonds. The molecule has 18 heavy (non-hydrogen) atoms. The lowest BCUT2D eigenvalue weighted by molar-refractivity contribution is -0.165. The Labute approximate surface area is 107 Å². The van der Waals surface area contributed by atoms with Gasteiger partial charge in [-0.1, -0.05) is 0 Å². The third-order valence-electron chi connectivity index (χ3n) is 3.94. The fraction of sp³-hybridized carbons (Fsp3) is 0.909. The molecule has 0 aromatic rings. The van der Waals surface area contributed by atoms with E-state index in [1.54, 1.807) is 0 Å². The van der Waals surface area contributed by atoms with E-state index in [-0.39, 0.29) is 30.5 Å². The third kappa shape index (κ3) is 2.84. The van der Waals surface area contributed by atoms with Crippen LogP contribution in [-0.2, 0) is 14.6 Å². The third-order valence-corrected chi connectivity index (χ3v) is 5.65. The van der Waals surface area contributed by atoms with Gasteiger partial charge in [-0.3, -0.25) is 4.90 Å². The van der Waals surface area contributed by atoms with Gasteiger partial charge in [0.15, 0.2) is 5.60 Å². The van der Waals surface area contributed by atoms with Crippen LogP contribution in [0, 0.1) is 0 Å². The lowest BCUT2D eigenvalue weighted by Gasteiger charge is -2.41. The summed E-state index contributed by atoms with van der Waals surface area (Å²) in [6, 6.07) is 0.0831. The Hall–Kier alpha value is -0.660. The van der Waals surface area contributed by atoms with E-state index in [0.717, 1.165) is 6.54 Å². The summed E-state index contributed by atoms with van der Waals surface area (Å²) in [7, 11) is -2.90. The average Bonchev–Trinajstić information content (AvgIpc) is 2.28. The number of β-amino-alcohol motifs (C(OH)–C–C–N with tert-alkyl or cyclic N) is 1. The Morgan fingerprint density at radius 3 is 2.44 bits per heavy atom. The van der Waals surface area contributed by atoms with Crippen molar-refractivity contribution in [1.82, 2.24) is 4.90 Å². The van der Waals surface area contributed by atoms with E-state index in [0.29, 0.717) is 19.3 Å². The Morgan fingerprint density at radius 2 is 1.89 bits per heavy atom. The standard InChI is InChI=1S/C11H19NO5S/c13-10(14)11(15)4-1-5-12(8-11)9-2-6-18(16,17)7-3-9/h9,15H,1-8H2,(H,13,14). The van der Waals surface area contributed by atoms with E-state index in [1.165, 1.54) is 0 Å². The number of piperidine rings is 1. The minimum atomic E-state index is -2.90. The number of aliphatic hydroxyl groups is 1. The minimum Gasteiger partial charge on any atom is -0.479 e. The highest BCUT2D eigenvalue weighted by atomic mass is 32.2. The van der Waals surface area contributed by atoms with Crippen LogP contribution in [0.4, 0.5) is 0 Å². The maximum atomic E-state index is 11.4. The summed E-state index contributed by atoms with van der Waals surface area (Å²) < 4.78 is 22.7. The second kappa shape index (κ2) is 4.79. The zero-order valence-corrected chi connectivity index (χ0v) is 11.0. The molecule has 0 aromatic carbocycles. The number of aliphatic carboxylic acids is 1. The molecule has 104 valence electrons. The molecule has 2 rings (SSSR count). The van der Waals surface area contributed by atoms with Gasteiger partial charge >= 0.3 is 5.97 Å². The summed E-state index contributed by atoms with van der Waals surface area (Å²) >= 11 is 0. The van der Waals surface area contributed by atoms with E-state index in [9.17, 15) is 18.3 Å². The average molecular weight is 277 g/mol. The van der Waals surface area contributed by atoms with Crippen molar-refractivity contribution < 1.29 is 23.4 Å². The molecule has 0 radical (unpaired) electrons. The molecule has 2 saturated heterocycles. The number of likely N-dealkylation sites (tertiary alicyclic amines) is 1. The zero-order chi connectivity index (χ0) is 13.4. The molecule has 2 aliphatic heterocycles. The summed E-state index contributed by atoms with van der Waals surface area (Å²) in [6.07, 6.45) is 1.98. The highest BCUT2D eigenvalue weighted by Crippen LogP contribution is 2.27. The SMILES string of the molecule is O=C(O)C1(O)CCCN(C2CCS(=O)(=O)CC2)C1. The lowest BCUT2D eigenvalue weighted by atomic mass is 9.91. The molecule has 2 fully saturated rings. The van der Waals surface area contributed by atoms with Crippen molar-refractivity contribution in [2.75, 3.05) is 24.6 Å². The van der Waals surface area contributed by atoms with Gasteiger partial charge in [0.2, 0.25) is 0 Å². The van der Waals surface area contributed by atoms with Crippen molar-refractivity contribution in [3.8, 4) is 0 Å². The number of hydrogen-bond acceptors (Lipinski definition) is 5. The molecule has 2 heterocycles. The summed E-state index contributed by atoms with van der Waals surface area (Å²) in [5.74, 6) is -0.852. The largest absolute Gasteiger partial charge is 0.479 e. The first kappa shape index (κ1) is 13.8. The Kier molecular flexibility index (Phi) is 3.66. The van der Waals surface area contributed by atoms with E-state index < -0.39 is 21.4 Å². The normalized spacial score (nSPS) is 34.3. The van der Waals surface area contributed by atoms with Crippen LogP contribution in [-0.4, -0.2) is 65.7 Å². The Balaban J connectivity index is 2.00. The molecular weight excluding hydrogens is 258 g/mol. The number of carboxylic acid groups (broad SMARTS) is 1. The minimum absolute atomic E-state index is 0.0831. The van der Waals surface area contributed by atoms with Gasteiger partial charge in [0, 0.05) is 12.6 Å². The monoisotopic (exact) mass is 277 g/mol. The smallest absolute Gasteiger partial charge is 0.337 e. The Morgan fingerprint density at radius 1 is 1.28 bits per heavy atom. The number of carbonyl (C=O) groups is 1. The van der Waals surface area contributed by atoms with Crippen LogP contribution >= 0.6 is 0 Å². The zero-order valence-electron chi connectivity index (χ0n) is 10.2. The lowest BCUT2D eigenvalue weighted by Crippen LogP contribution is -2.56. The highest BCUT2D eigenvalue weighted by Gasteiger charge is 2.42. The number of carboxylic acids is 1. The van der Waals surface area contributed by atoms with E-state index in [2.05, 4.69) is 0 Å². The van der Waals surface area contributed by atoms with Crippen LogP contribution in [0.1, 0.15) is 25.7 Å². The fourth-order valence-electron chi connectivity index (χ4n) is 2.80. The van der Waals surface area contributed by atoms with Crippen LogP contribution in [0.25, 0.3) is 0 Å². The highest BCUT2D eigenvalue weighted by molar-refractivity contribution is 7.91. The van der Waals surface area contributed by atoms with Gasteiger partial charge in [-0.2, -0.15) is 0 Å². The molecule has 0 bridgehead atoms. The molecule has 6 nitrogen and oxygen atoms in total. The molecule has 7 heteroatoms. The van der Waals surface area contributed by atoms with Gasteiger partial charge in [-0.25, -0.2) is 13.2 Å². The first-order valence-corrected chi connectivity index (χ1v) is 8.05. The topological polar surface area (TPSA) is 94.9 Å². The van der Waals surface area contributed by atoms with Gasteiger partial charge in [0.05, 0.1) is 11.5 Å². The van der Waals surface area contributed by atoms with E-state index >= 15 is 0 Å². The molecule has 2 aliphatic rings. The summed E-state index contributed by atoms with van der Waals surface area (Å²) in [5, 5.41) is 19.0. The van der Waals surface area contributed by atoms with E-state index in [1.807, 2.05) is 4.90 Å². The molecule has 0 saturated carbocycles. The van der Waals surface area contributed by atoms with Crippen molar-refractivity contribution in [3.05, 3.63) is 0 Å². The first-order valence-electron chi connectivity index (χ1n) is 6.23. The number of hydrogen-bond donors (Lipinski definition) is 2. The van der Waals surface area contributed by atoms with Crippen LogP contribution in [0.15, 0.2) is 0 Å². The van der Waals surface area contributed by atoms with Crippen molar-refractivity contribution in [2.45, 2.75) is 37.3 Å². The van der Waals surface area contributed by atoms with Gasteiger partial charge < -0.3 is 10.2 Å². The maximum absolute atomic E-state index is 11.4. The molecule has 1 unspecified atom stereocenters. The van der Waals surface area contributed by atoms with Crippen LogP contribution in [0.3, 0.4) is 0 Å². The summed E-state index contributed by atoms with van der Waals surface area (Å²) in [5.41, 5.74) is -1.67. The Bertz CT molecular complexity index is 421. The molecule has 0 aromatic heterocycles. The first-order chi connectivity index (χ1) is 8.32. The molecular formula is C11H19NO5S. The second-order valence-electron chi connectivity index (χ2n) is 5.29. The van der Waals surface area contributed by atoms with E-state index in [4.69, 9.17) is 5.11 Å². The number of rotatable bonds is 2. The van der Waals surface area contributed by atoms with Crippen molar-refractivity contribution >= 4 is 15.8 Å². The second-order valence-corrected chi connectivity index (χ2v) is 7.60. The maximum Gasteiger partial charge on any atom is 0.337 e. The number of nitrogens with zero attached hydrogens (tertiary/aromatic N) is 1. The van der Waals surface area contributed by atoms with Gasteiger partial charge in [0.1, 0.15) is 9.84 Å². The predicted octanol–water partition coefficient (Wildman–Crippen LogP) is -0.525. The summed E-state index contributed by atoms with van der Waals surface area (Å²) in [6.45, 7) is 0.841. The molecule has 0 spiro atoms. The summed E-state index contributed by atoms with van der Waals surface area (Å²) in [4.78, 5) is 13.0. The molecule has 1 atom stereocenters. The van der Waals surface area contributed by atoms with Crippen molar-refractivity contribution in [2.24, 2.45) is 0 Å². The van der Waals surface area contributed by atoms with Crippen LogP contribution in [0.2, 0.25) is 0 Å². The quantitative estimate of drug-likeness (QED) is 0.705. The molecule has 2 N–H and O–H groups in total.